The van der Waals surface area contributed by atoms with E-state index in [-0.39, 0.29) is 0 Å². The second kappa shape index (κ2) is 6.94. The van der Waals surface area contributed by atoms with Gasteiger partial charge in [0.05, 0.1) is 5.69 Å². The number of aromatic nitrogens is 1. The molecule has 0 aliphatic carbocycles. The lowest BCUT2D eigenvalue weighted by atomic mass is 9.98. The van der Waals surface area contributed by atoms with Crippen molar-refractivity contribution < 1.29 is 4.42 Å². The second-order valence-electron chi connectivity index (χ2n) is 5.85. The maximum atomic E-state index is 5.64. The Morgan fingerprint density at radius 2 is 2.26 bits per heavy atom. The van der Waals surface area contributed by atoms with Crippen LogP contribution in [0.1, 0.15) is 52.1 Å². The van der Waals surface area contributed by atoms with Crippen LogP contribution in [0, 0.1) is 5.92 Å². The zero-order valence-corrected chi connectivity index (χ0v) is 12.5. The molecule has 0 aromatic carbocycles. The summed E-state index contributed by atoms with van der Waals surface area (Å²) < 4.78 is 5.64. The molecule has 0 saturated carbocycles. The zero-order valence-electron chi connectivity index (χ0n) is 12.5. The van der Waals surface area contributed by atoms with E-state index < -0.39 is 0 Å². The Morgan fingerprint density at radius 3 is 3.00 bits per heavy atom. The van der Waals surface area contributed by atoms with E-state index in [0.29, 0.717) is 6.04 Å². The lowest BCUT2D eigenvalue weighted by Gasteiger charge is -2.17. The highest BCUT2D eigenvalue weighted by atomic mass is 16.4. The molecule has 0 bridgehead atoms. The number of nitrogens with zero attached hydrogens (tertiary/aromatic N) is 2. The number of rotatable bonds is 5. The number of anilines is 1. The van der Waals surface area contributed by atoms with E-state index in [2.05, 4.69) is 36.0 Å². The minimum absolute atomic E-state index is 0.476. The van der Waals surface area contributed by atoms with Gasteiger partial charge >= 0.3 is 0 Å². The van der Waals surface area contributed by atoms with E-state index in [4.69, 9.17) is 4.42 Å². The highest BCUT2D eigenvalue weighted by Gasteiger charge is 2.19. The Balaban J connectivity index is 1.90. The average Bonchev–Trinajstić information content (AvgIpc) is 2.73. The standard InChI is InChI=1S/C15H27N3O/c1-4-13-6-5-8-18(9-7-13)15-17-14(11-19-15)10-16-12(2)3/h11-13,16H,4-10H2,1-3H3. The first-order chi connectivity index (χ1) is 9.19. The summed E-state index contributed by atoms with van der Waals surface area (Å²) in [5.74, 6) is 0.877. The summed E-state index contributed by atoms with van der Waals surface area (Å²) in [5.41, 5.74) is 1.000. The van der Waals surface area contributed by atoms with Crippen molar-refractivity contribution in [2.75, 3.05) is 18.0 Å². The van der Waals surface area contributed by atoms with Crippen LogP contribution in [0.4, 0.5) is 6.01 Å². The van der Waals surface area contributed by atoms with Gasteiger partial charge in [0.25, 0.3) is 6.01 Å². The third kappa shape index (κ3) is 4.23. The molecule has 1 aromatic rings. The van der Waals surface area contributed by atoms with Crippen molar-refractivity contribution in [2.24, 2.45) is 5.92 Å². The average molecular weight is 265 g/mol. The number of oxazole rings is 1. The van der Waals surface area contributed by atoms with Crippen LogP contribution in [0.3, 0.4) is 0 Å². The fourth-order valence-corrected chi connectivity index (χ4v) is 2.60. The lowest BCUT2D eigenvalue weighted by molar-refractivity contribution is 0.458. The van der Waals surface area contributed by atoms with E-state index in [0.717, 1.165) is 37.3 Å². The van der Waals surface area contributed by atoms with Crippen LogP contribution >= 0.6 is 0 Å². The monoisotopic (exact) mass is 265 g/mol. The quantitative estimate of drug-likeness (QED) is 0.887. The van der Waals surface area contributed by atoms with E-state index in [1.54, 1.807) is 6.26 Å². The van der Waals surface area contributed by atoms with Gasteiger partial charge in [-0.15, -0.1) is 0 Å². The molecule has 1 fully saturated rings. The van der Waals surface area contributed by atoms with Crippen LogP contribution in [-0.4, -0.2) is 24.1 Å². The third-order valence-electron chi connectivity index (χ3n) is 3.93. The van der Waals surface area contributed by atoms with Crippen molar-refractivity contribution in [3.05, 3.63) is 12.0 Å². The first kappa shape index (κ1) is 14.4. The molecule has 1 aliphatic heterocycles. The van der Waals surface area contributed by atoms with E-state index in [1.807, 2.05) is 0 Å². The predicted molar refractivity (Wildman–Crippen MR) is 78.3 cm³/mol. The zero-order chi connectivity index (χ0) is 13.7. The Hall–Kier alpha value is -1.03. The van der Waals surface area contributed by atoms with Crippen LogP contribution in [0.2, 0.25) is 0 Å². The van der Waals surface area contributed by atoms with Gasteiger partial charge in [-0.3, -0.25) is 0 Å². The van der Waals surface area contributed by atoms with Gasteiger partial charge in [-0.05, 0) is 25.2 Å². The molecule has 1 unspecified atom stereocenters. The first-order valence-electron chi connectivity index (χ1n) is 7.61. The molecule has 2 rings (SSSR count). The number of nitrogens with one attached hydrogen (secondary N) is 1. The number of hydrogen-bond acceptors (Lipinski definition) is 4. The molecule has 1 saturated heterocycles. The summed E-state index contributed by atoms with van der Waals surface area (Å²) in [6.45, 7) is 9.51. The Kier molecular flexibility index (Phi) is 5.25. The molecule has 4 heteroatoms. The van der Waals surface area contributed by atoms with Gasteiger partial charge in [-0.2, -0.15) is 4.98 Å². The third-order valence-corrected chi connectivity index (χ3v) is 3.93. The predicted octanol–water partition coefficient (Wildman–Crippen LogP) is 3.19. The van der Waals surface area contributed by atoms with Crippen LogP contribution < -0.4 is 10.2 Å². The molecule has 0 radical (unpaired) electrons. The summed E-state index contributed by atoms with van der Waals surface area (Å²) in [6, 6.07) is 1.28. The molecule has 1 aliphatic rings. The minimum atomic E-state index is 0.476. The highest BCUT2D eigenvalue weighted by molar-refractivity contribution is 5.27. The summed E-state index contributed by atoms with van der Waals surface area (Å²) in [5, 5.41) is 3.37. The van der Waals surface area contributed by atoms with Crippen LogP contribution in [0.25, 0.3) is 0 Å². The summed E-state index contributed by atoms with van der Waals surface area (Å²) >= 11 is 0. The number of hydrogen-bond donors (Lipinski definition) is 1. The molecule has 1 atom stereocenters. The van der Waals surface area contributed by atoms with Gasteiger partial charge in [-0.25, -0.2) is 0 Å². The summed E-state index contributed by atoms with van der Waals surface area (Å²) in [4.78, 5) is 6.90. The van der Waals surface area contributed by atoms with Crippen molar-refractivity contribution in [3.63, 3.8) is 0 Å². The van der Waals surface area contributed by atoms with Gasteiger partial charge < -0.3 is 14.6 Å². The SMILES string of the molecule is CCC1CCCN(c2nc(CNC(C)C)co2)CC1. The Morgan fingerprint density at radius 1 is 1.42 bits per heavy atom. The molecular weight excluding hydrogens is 238 g/mol. The normalized spacial score (nSPS) is 20.8. The van der Waals surface area contributed by atoms with Gasteiger partial charge in [0.2, 0.25) is 0 Å². The van der Waals surface area contributed by atoms with Gasteiger partial charge in [-0.1, -0.05) is 27.2 Å². The smallest absolute Gasteiger partial charge is 0.297 e. The van der Waals surface area contributed by atoms with Crippen molar-refractivity contribution in [1.82, 2.24) is 10.3 Å². The molecule has 0 spiro atoms. The van der Waals surface area contributed by atoms with Crippen LogP contribution in [0.5, 0.6) is 0 Å². The molecule has 0 amide bonds. The second-order valence-corrected chi connectivity index (χ2v) is 5.85. The van der Waals surface area contributed by atoms with E-state index >= 15 is 0 Å². The maximum Gasteiger partial charge on any atom is 0.297 e. The van der Waals surface area contributed by atoms with Crippen molar-refractivity contribution in [3.8, 4) is 0 Å². The molecule has 19 heavy (non-hydrogen) atoms. The summed E-state index contributed by atoms with van der Waals surface area (Å²) in [6.07, 6.45) is 6.93. The lowest BCUT2D eigenvalue weighted by Crippen LogP contribution is -2.25. The summed E-state index contributed by atoms with van der Waals surface area (Å²) in [7, 11) is 0. The van der Waals surface area contributed by atoms with Crippen molar-refractivity contribution >= 4 is 6.01 Å². The fraction of sp³-hybridized carbons (Fsp3) is 0.800. The molecular formula is C15H27N3O. The first-order valence-corrected chi connectivity index (χ1v) is 7.61. The largest absolute Gasteiger partial charge is 0.432 e. The fourth-order valence-electron chi connectivity index (χ4n) is 2.60. The molecule has 2 heterocycles. The van der Waals surface area contributed by atoms with E-state index in [1.165, 1.54) is 25.7 Å². The maximum absolute atomic E-state index is 5.64. The van der Waals surface area contributed by atoms with Gasteiger partial charge in [0.15, 0.2) is 0 Å². The van der Waals surface area contributed by atoms with E-state index in [9.17, 15) is 0 Å². The molecule has 1 N–H and O–H groups in total. The molecule has 1 aromatic heterocycles. The van der Waals surface area contributed by atoms with Crippen LogP contribution in [0.15, 0.2) is 10.7 Å². The topological polar surface area (TPSA) is 41.3 Å². The molecule has 108 valence electrons. The minimum Gasteiger partial charge on any atom is -0.432 e. The van der Waals surface area contributed by atoms with Crippen molar-refractivity contribution in [2.45, 2.75) is 59.0 Å². The highest BCUT2D eigenvalue weighted by Crippen LogP contribution is 2.24. The Bertz CT molecular complexity index is 375. The van der Waals surface area contributed by atoms with Gasteiger partial charge in [0.1, 0.15) is 6.26 Å². The van der Waals surface area contributed by atoms with Crippen LogP contribution in [-0.2, 0) is 6.54 Å². The Labute approximate surface area is 116 Å². The van der Waals surface area contributed by atoms with Crippen molar-refractivity contribution in [1.29, 1.82) is 0 Å². The van der Waals surface area contributed by atoms with Gasteiger partial charge in [0, 0.05) is 25.7 Å². The molecule has 4 nitrogen and oxygen atoms in total.